The van der Waals surface area contributed by atoms with Crippen LogP contribution in [0.4, 0.5) is 5.69 Å². The average molecular weight is 339 g/mol. The van der Waals surface area contributed by atoms with Crippen LogP contribution < -0.4 is 14.4 Å². The summed E-state index contributed by atoms with van der Waals surface area (Å²) in [5.41, 5.74) is 3.49. The van der Waals surface area contributed by atoms with Gasteiger partial charge in [-0.2, -0.15) is 0 Å². The lowest BCUT2D eigenvalue weighted by Gasteiger charge is -2.22. The Kier molecular flexibility index (Phi) is 4.15. The van der Waals surface area contributed by atoms with Crippen molar-refractivity contribution in [2.75, 3.05) is 12.0 Å². The molecule has 0 N–H and O–H groups in total. The van der Waals surface area contributed by atoms with E-state index in [-0.39, 0.29) is 0 Å². The van der Waals surface area contributed by atoms with Gasteiger partial charge in [0.1, 0.15) is 4.99 Å². The third-order valence-corrected chi connectivity index (χ3v) is 5.32. The van der Waals surface area contributed by atoms with Crippen LogP contribution in [0.5, 0.6) is 11.5 Å². The van der Waals surface area contributed by atoms with Gasteiger partial charge in [-0.1, -0.05) is 36.5 Å². The molecule has 1 saturated carbocycles. The van der Waals surface area contributed by atoms with Gasteiger partial charge in [-0.3, -0.25) is 0 Å². The number of nitrogens with zero attached hydrogens (tertiary/aromatic N) is 1. The molecule has 24 heavy (non-hydrogen) atoms. The number of methoxy groups -OCH3 is 1. The van der Waals surface area contributed by atoms with E-state index in [1.165, 1.54) is 18.4 Å². The molecule has 2 aromatic rings. The molecule has 0 bridgehead atoms. The summed E-state index contributed by atoms with van der Waals surface area (Å²) in [6, 6.07) is 14.4. The highest BCUT2D eigenvalue weighted by Crippen LogP contribution is 2.37. The molecule has 0 radical (unpaired) electrons. The van der Waals surface area contributed by atoms with Crippen LogP contribution in [-0.2, 0) is 6.54 Å². The highest BCUT2D eigenvalue weighted by Gasteiger charge is 2.26. The van der Waals surface area contributed by atoms with Crippen LogP contribution in [0, 0.1) is 0 Å². The second-order valence-corrected chi connectivity index (χ2v) is 6.79. The third kappa shape index (κ3) is 2.75. The molecule has 124 valence electrons. The second-order valence-electron chi connectivity index (χ2n) is 6.41. The Bertz CT molecular complexity index is 768. The van der Waals surface area contributed by atoms with Crippen molar-refractivity contribution < 1.29 is 9.47 Å². The summed E-state index contributed by atoms with van der Waals surface area (Å²) in [4.78, 5) is 3.04. The highest BCUT2D eigenvalue weighted by molar-refractivity contribution is 7.81. The lowest BCUT2D eigenvalue weighted by atomic mass is 10.1. The number of hydrogen-bond acceptors (Lipinski definition) is 3. The topological polar surface area (TPSA) is 21.7 Å². The van der Waals surface area contributed by atoms with E-state index >= 15 is 0 Å². The van der Waals surface area contributed by atoms with Gasteiger partial charge in [-0.15, -0.1) is 0 Å². The molecular formula is C20H21NO2S. The molecule has 4 heteroatoms. The number of benzene rings is 2. The number of ether oxygens (including phenoxy) is 2. The van der Waals surface area contributed by atoms with E-state index in [1.807, 2.05) is 12.1 Å². The third-order valence-electron chi connectivity index (χ3n) is 4.88. The van der Waals surface area contributed by atoms with Crippen molar-refractivity contribution in [3.05, 3.63) is 53.6 Å². The van der Waals surface area contributed by atoms with Gasteiger partial charge in [-0.25, -0.2) is 0 Å². The van der Waals surface area contributed by atoms with E-state index in [9.17, 15) is 0 Å². The minimum atomic E-state index is 0.303. The van der Waals surface area contributed by atoms with Gasteiger partial charge >= 0.3 is 0 Å². The summed E-state index contributed by atoms with van der Waals surface area (Å²) in [6.07, 6.45) is 5.05. The summed E-state index contributed by atoms with van der Waals surface area (Å²) < 4.78 is 11.7. The molecular weight excluding hydrogens is 318 g/mol. The zero-order valence-corrected chi connectivity index (χ0v) is 14.6. The van der Waals surface area contributed by atoms with Crippen LogP contribution in [0.2, 0.25) is 0 Å². The van der Waals surface area contributed by atoms with Crippen molar-refractivity contribution in [3.8, 4) is 11.5 Å². The summed E-state index contributed by atoms with van der Waals surface area (Å²) in [7, 11) is 1.69. The van der Waals surface area contributed by atoms with Crippen LogP contribution in [-0.4, -0.2) is 18.2 Å². The lowest BCUT2D eigenvalue weighted by Crippen LogP contribution is -2.22. The maximum absolute atomic E-state index is 6.21. The normalized spacial score (nSPS) is 17.2. The molecule has 0 amide bonds. The molecule has 0 atom stereocenters. The van der Waals surface area contributed by atoms with Gasteiger partial charge in [0.15, 0.2) is 11.5 Å². The minimum absolute atomic E-state index is 0.303. The fourth-order valence-corrected chi connectivity index (χ4v) is 3.94. The Labute approximate surface area is 148 Å². The summed E-state index contributed by atoms with van der Waals surface area (Å²) in [5.74, 6) is 1.61. The molecule has 0 unspecified atom stereocenters. The summed E-state index contributed by atoms with van der Waals surface area (Å²) in [6.45, 7) is 0.810. The van der Waals surface area contributed by atoms with Gasteiger partial charge in [0.25, 0.3) is 0 Å². The van der Waals surface area contributed by atoms with Gasteiger partial charge in [0, 0.05) is 23.9 Å². The van der Waals surface area contributed by atoms with Crippen molar-refractivity contribution >= 4 is 22.9 Å². The van der Waals surface area contributed by atoms with Crippen LogP contribution in [0.3, 0.4) is 0 Å². The molecule has 2 aliphatic rings. The van der Waals surface area contributed by atoms with Crippen molar-refractivity contribution in [1.29, 1.82) is 0 Å². The van der Waals surface area contributed by atoms with Gasteiger partial charge in [0.05, 0.1) is 13.2 Å². The van der Waals surface area contributed by atoms with E-state index in [1.54, 1.807) is 7.11 Å². The second kappa shape index (κ2) is 6.44. The first-order chi connectivity index (χ1) is 11.8. The van der Waals surface area contributed by atoms with Crippen LogP contribution in [0.25, 0.3) is 0 Å². The Morgan fingerprint density at radius 3 is 2.58 bits per heavy atom. The average Bonchev–Trinajstić information content (AvgIpc) is 3.23. The van der Waals surface area contributed by atoms with E-state index in [0.29, 0.717) is 6.10 Å². The quantitative estimate of drug-likeness (QED) is 0.752. The predicted molar refractivity (Wildman–Crippen MR) is 100 cm³/mol. The molecule has 0 aromatic heterocycles. The zero-order chi connectivity index (χ0) is 16.5. The Hall–Kier alpha value is -2.07. The number of anilines is 1. The van der Waals surface area contributed by atoms with Crippen molar-refractivity contribution in [3.63, 3.8) is 0 Å². The first-order valence-electron chi connectivity index (χ1n) is 8.51. The Morgan fingerprint density at radius 2 is 1.83 bits per heavy atom. The highest BCUT2D eigenvalue weighted by atomic mass is 32.1. The standard InChI is InChI=1S/C20H21NO2S/c1-22-18-11-10-15(12-19(18)23-16-7-3-4-8-16)21-13-14-6-2-5-9-17(14)20(21)24/h2,5-6,9-12,16H,3-4,7-8,13H2,1H3. The van der Waals surface area contributed by atoms with E-state index < -0.39 is 0 Å². The Balaban J connectivity index is 1.63. The van der Waals surface area contributed by atoms with Gasteiger partial charge in [-0.05, 0) is 43.4 Å². The van der Waals surface area contributed by atoms with Crippen molar-refractivity contribution in [2.45, 2.75) is 38.3 Å². The minimum Gasteiger partial charge on any atom is -0.493 e. The van der Waals surface area contributed by atoms with Crippen molar-refractivity contribution in [2.24, 2.45) is 0 Å². The smallest absolute Gasteiger partial charge is 0.163 e. The zero-order valence-electron chi connectivity index (χ0n) is 13.8. The summed E-state index contributed by atoms with van der Waals surface area (Å²) >= 11 is 5.68. The Morgan fingerprint density at radius 1 is 1.04 bits per heavy atom. The molecule has 0 saturated heterocycles. The maximum Gasteiger partial charge on any atom is 0.163 e. The monoisotopic (exact) mass is 339 g/mol. The van der Waals surface area contributed by atoms with Crippen LogP contribution in [0.15, 0.2) is 42.5 Å². The number of thiocarbonyl (C=S) groups is 1. The molecule has 0 spiro atoms. The van der Waals surface area contributed by atoms with Crippen LogP contribution in [0.1, 0.15) is 36.8 Å². The van der Waals surface area contributed by atoms with Gasteiger partial charge in [0.2, 0.25) is 0 Å². The lowest BCUT2D eigenvalue weighted by molar-refractivity contribution is 0.201. The summed E-state index contributed by atoms with van der Waals surface area (Å²) in [5, 5.41) is 0. The maximum atomic E-state index is 6.21. The number of fused-ring (bicyclic) bond motifs is 1. The molecule has 2 aromatic carbocycles. The molecule has 1 heterocycles. The first kappa shape index (κ1) is 15.5. The molecule has 3 nitrogen and oxygen atoms in total. The SMILES string of the molecule is COc1ccc(N2Cc3ccccc3C2=S)cc1OC1CCCC1. The fourth-order valence-electron chi connectivity index (χ4n) is 3.57. The number of rotatable bonds is 4. The molecule has 1 aliphatic heterocycles. The largest absolute Gasteiger partial charge is 0.493 e. The molecule has 1 aliphatic carbocycles. The van der Waals surface area contributed by atoms with E-state index in [0.717, 1.165) is 47.1 Å². The van der Waals surface area contributed by atoms with E-state index in [4.69, 9.17) is 21.7 Å². The number of hydrogen-bond donors (Lipinski definition) is 0. The fraction of sp³-hybridized carbons (Fsp3) is 0.350. The van der Waals surface area contributed by atoms with E-state index in [2.05, 4.69) is 35.2 Å². The predicted octanol–water partition coefficient (Wildman–Crippen LogP) is 4.71. The van der Waals surface area contributed by atoms with Crippen LogP contribution >= 0.6 is 12.2 Å². The van der Waals surface area contributed by atoms with Crippen molar-refractivity contribution in [1.82, 2.24) is 0 Å². The first-order valence-corrected chi connectivity index (χ1v) is 8.91. The molecule has 4 rings (SSSR count). The molecule has 1 fully saturated rings. The van der Waals surface area contributed by atoms with Gasteiger partial charge < -0.3 is 14.4 Å².